The number of aliphatic imine (C=N–C) groups is 2. The van der Waals surface area contributed by atoms with Crippen LogP contribution in [0.5, 0.6) is 5.75 Å². The Morgan fingerprint density at radius 2 is 1.94 bits per heavy atom. The number of fused-ring (bicyclic) bond motifs is 1. The molecule has 0 spiro atoms. The molecule has 0 aromatic heterocycles. The number of hydrogen-bond donors (Lipinski definition) is 0. The van der Waals surface area contributed by atoms with Gasteiger partial charge in [0.2, 0.25) is 10.0 Å². The van der Waals surface area contributed by atoms with Crippen molar-refractivity contribution in [3.63, 3.8) is 0 Å². The number of amides is 1. The maximum Gasteiger partial charge on any atom is 0.278 e. The van der Waals surface area contributed by atoms with Gasteiger partial charge in [0.05, 0.1) is 22.8 Å². The summed E-state index contributed by atoms with van der Waals surface area (Å²) in [4.78, 5) is 23.0. The molecule has 0 saturated carbocycles. The first-order valence-corrected chi connectivity index (χ1v) is 12.5. The van der Waals surface area contributed by atoms with Crippen LogP contribution in [0, 0.1) is 0 Å². The Morgan fingerprint density at radius 1 is 1.18 bits per heavy atom. The lowest BCUT2D eigenvalue weighted by Crippen LogP contribution is -2.47. The first-order valence-electron chi connectivity index (χ1n) is 12.5. The molecule has 33 heavy (non-hydrogen) atoms. The molecule has 178 valence electrons. The van der Waals surface area contributed by atoms with E-state index < -0.39 is 28.9 Å². The molecule has 1 amide bonds. The SMILES string of the molecule is [2H]C([2H])([2H])N1CCN(S(=O)(=O)c2ccc(OCC)c(C3=NC(=O)C4C(=N3)C(CCC)=NN4C)c2)CC1. The largest absolute Gasteiger partial charge is 0.493 e. The highest BCUT2D eigenvalue weighted by Gasteiger charge is 2.40. The number of likely N-dealkylation sites (N-methyl/N-ethyl adjacent to an activating group) is 2. The summed E-state index contributed by atoms with van der Waals surface area (Å²) in [6.07, 6.45) is 1.47. The molecule has 0 bridgehead atoms. The van der Waals surface area contributed by atoms with Crippen molar-refractivity contribution in [3.05, 3.63) is 23.8 Å². The van der Waals surface area contributed by atoms with E-state index in [1.165, 1.54) is 27.4 Å². The summed E-state index contributed by atoms with van der Waals surface area (Å²) in [5, 5.41) is 6.00. The van der Waals surface area contributed by atoms with Gasteiger partial charge in [-0.1, -0.05) is 13.3 Å². The van der Waals surface area contributed by atoms with E-state index in [-0.39, 0.29) is 36.9 Å². The normalized spacial score (nSPS) is 23.8. The monoisotopic (exact) mass is 477 g/mol. The molecule has 3 aliphatic rings. The fraction of sp³-hybridized carbons (Fsp3) is 0.545. The molecule has 1 unspecified atom stereocenters. The van der Waals surface area contributed by atoms with Crippen LogP contribution in [0.2, 0.25) is 0 Å². The van der Waals surface area contributed by atoms with Gasteiger partial charge in [0.15, 0.2) is 11.9 Å². The molecule has 1 aromatic rings. The molecule has 3 heterocycles. The molecule has 1 aromatic carbocycles. The first kappa shape index (κ1) is 19.8. The van der Waals surface area contributed by atoms with E-state index in [2.05, 4.69) is 15.1 Å². The lowest BCUT2D eigenvalue weighted by atomic mass is 10.0. The maximum atomic E-state index is 13.4. The topological polar surface area (TPSA) is 107 Å². The first-order chi connectivity index (χ1) is 17.0. The van der Waals surface area contributed by atoms with Crippen molar-refractivity contribution in [1.82, 2.24) is 14.2 Å². The van der Waals surface area contributed by atoms with Crippen molar-refractivity contribution < 1.29 is 22.1 Å². The summed E-state index contributed by atoms with van der Waals surface area (Å²) in [5.41, 5.74) is 1.52. The van der Waals surface area contributed by atoms with E-state index in [1.807, 2.05) is 6.92 Å². The number of sulfonamides is 1. The van der Waals surface area contributed by atoms with E-state index in [9.17, 15) is 13.2 Å². The second-order valence-corrected chi connectivity index (χ2v) is 9.96. The number of hydrogen-bond acceptors (Lipinski definition) is 8. The Bertz CT molecular complexity index is 1240. The van der Waals surface area contributed by atoms with Gasteiger partial charge in [0.1, 0.15) is 11.5 Å². The molecule has 4 rings (SSSR count). The van der Waals surface area contributed by atoms with Crippen molar-refractivity contribution in [3.8, 4) is 5.75 Å². The summed E-state index contributed by atoms with van der Waals surface area (Å²) in [5.74, 6) is 0.0141. The van der Waals surface area contributed by atoms with Gasteiger partial charge in [-0.15, -0.1) is 0 Å². The average Bonchev–Trinajstić information content (AvgIpc) is 3.14. The van der Waals surface area contributed by atoms with Crippen molar-refractivity contribution >= 4 is 33.2 Å². The third-order valence-electron chi connectivity index (χ3n) is 5.74. The van der Waals surface area contributed by atoms with E-state index in [1.54, 1.807) is 19.0 Å². The van der Waals surface area contributed by atoms with Crippen LogP contribution in [0.15, 0.2) is 38.2 Å². The van der Waals surface area contributed by atoms with Crippen LogP contribution in [-0.2, 0) is 14.8 Å². The molecule has 0 N–H and O–H groups in total. The van der Waals surface area contributed by atoms with Crippen LogP contribution in [0.25, 0.3) is 0 Å². The number of nitrogens with zero attached hydrogens (tertiary/aromatic N) is 6. The lowest BCUT2D eigenvalue weighted by molar-refractivity contribution is -0.120. The number of ether oxygens (including phenoxy) is 1. The molecule has 0 radical (unpaired) electrons. The number of piperazine rings is 1. The van der Waals surface area contributed by atoms with E-state index >= 15 is 0 Å². The highest BCUT2D eigenvalue weighted by atomic mass is 32.2. The fourth-order valence-electron chi connectivity index (χ4n) is 4.08. The van der Waals surface area contributed by atoms with Gasteiger partial charge >= 0.3 is 0 Å². The molecule has 0 aliphatic carbocycles. The zero-order valence-electron chi connectivity index (χ0n) is 22.0. The number of amidine groups is 1. The highest BCUT2D eigenvalue weighted by Crippen LogP contribution is 2.29. The van der Waals surface area contributed by atoms with Gasteiger partial charge in [0.25, 0.3) is 5.91 Å². The minimum absolute atomic E-state index is 0.00764. The third kappa shape index (κ3) is 4.44. The Hall–Kier alpha value is -2.63. The van der Waals surface area contributed by atoms with E-state index in [4.69, 9.17) is 8.85 Å². The van der Waals surface area contributed by atoms with Crippen LogP contribution < -0.4 is 4.74 Å². The van der Waals surface area contributed by atoms with Gasteiger partial charge in [-0.25, -0.2) is 13.4 Å². The van der Waals surface area contributed by atoms with Crippen molar-refractivity contribution in [2.24, 2.45) is 15.1 Å². The van der Waals surface area contributed by atoms with Crippen LogP contribution in [-0.4, -0.2) is 98.6 Å². The Morgan fingerprint density at radius 3 is 2.61 bits per heavy atom. The zero-order valence-corrected chi connectivity index (χ0v) is 19.8. The van der Waals surface area contributed by atoms with Crippen molar-refractivity contribution in [2.75, 3.05) is 46.8 Å². The Labute approximate surface area is 198 Å². The number of carbonyl (C=O) groups is 1. The molecule has 1 saturated heterocycles. The predicted octanol–water partition coefficient (Wildman–Crippen LogP) is 1.22. The molecule has 3 aliphatic heterocycles. The molecule has 11 heteroatoms. The highest BCUT2D eigenvalue weighted by molar-refractivity contribution is 7.89. The standard InChI is InChI=1S/C22H30N6O4S/c1-5-7-17-19-20(27(4)25-17)22(29)24-21(23-19)16-14-15(8-9-18(16)32-6-2)33(30,31)28-12-10-26(3)11-13-28/h8-9,14,20H,5-7,10-13H2,1-4H3/i3D3. The van der Waals surface area contributed by atoms with Crippen molar-refractivity contribution in [2.45, 2.75) is 37.6 Å². The summed E-state index contributed by atoms with van der Waals surface area (Å²) in [6.45, 7) is 2.17. The number of rotatable bonds is 7. The van der Waals surface area contributed by atoms with Crippen LogP contribution in [0.1, 0.15) is 36.4 Å². The van der Waals surface area contributed by atoms with Crippen LogP contribution in [0.3, 0.4) is 0 Å². The summed E-state index contributed by atoms with van der Waals surface area (Å²) < 4.78 is 56.5. The summed E-state index contributed by atoms with van der Waals surface area (Å²) in [7, 11) is -2.24. The van der Waals surface area contributed by atoms with Gasteiger partial charge in [-0.3, -0.25) is 9.80 Å². The molecule has 1 atom stereocenters. The van der Waals surface area contributed by atoms with E-state index in [0.717, 1.165) is 6.42 Å². The Kier molecular flexibility index (Phi) is 5.59. The smallest absolute Gasteiger partial charge is 0.278 e. The second-order valence-electron chi connectivity index (χ2n) is 8.03. The number of hydrazone groups is 1. The zero-order chi connectivity index (χ0) is 26.3. The number of benzene rings is 1. The minimum atomic E-state index is -3.94. The van der Waals surface area contributed by atoms with Gasteiger partial charge in [0, 0.05) is 37.3 Å². The second kappa shape index (κ2) is 9.32. The van der Waals surface area contributed by atoms with Gasteiger partial charge in [-0.05, 0) is 38.5 Å². The van der Waals surface area contributed by atoms with Crippen LogP contribution >= 0.6 is 0 Å². The summed E-state index contributed by atoms with van der Waals surface area (Å²) in [6, 6.07) is 3.70. The number of carbonyl (C=O) groups excluding carboxylic acids is 1. The van der Waals surface area contributed by atoms with E-state index in [0.29, 0.717) is 35.8 Å². The quantitative estimate of drug-likeness (QED) is 0.584. The minimum Gasteiger partial charge on any atom is -0.493 e. The maximum absolute atomic E-state index is 13.4. The van der Waals surface area contributed by atoms with Gasteiger partial charge < -0.3 is 9.64 Å². The molecular formula is C22H30N6O4S. The van der Waals surface area contributed by atoms with Gasteiger partial charge in [-0.2, -0.15) is 14.4 Å². The molecule has 10 nitrogen and oxygen atoms in total. The van der Waals surface area contributed by atoms with Crippen LogP contribution in [0.4, 0.5) is 0 Å². The fourth-order valence-corrected chi connectivity index (χ4v) is 5.53. The summed E-state index contributed by atoms with van der Waals surface area (Å²) >= 11 is 0. The average molecular weight is 478 g/mol. The van der Waals surface area contributed by atoms with Crippen molar-refractivity contribution in [1.29, 1.82) is 0 Å². The third-order valence-corrected chi connectivity index (χ3v) is 7.63. The molecular weight excluding hydrogens is 444 g/mol. The predicted molar refractivity (Wildman–Crippen MR) is 127 cm³/mol. The molecule has 1 fully saturated rings. The Balaban J connectivity index is 1.69. The lowest BCUT2D eigenvalue weighted by Gasteiger charge is -2.31.